The second-order valence-corrected chi connectivity index (χ2v) is 14.9. The van der Waals surface area contributed by atoms with Crippen LogP contribution in [-0.4, -0.2) is 35.0 Å². The van der Waals surface area contributed by atoms with Crippen LogP contribution in [0.2, 0.25) is 0 Å². The summed E-state index contributed by atoms with van der Waals surface area (Å²) in [5.74, 6) is 2.51. The Morgan fingerprint density at radius 2 is 1.14 bits per heavy atom. The maximum Gasteiger partial charge on any atom is 0.309 e. The largest absolute Gasteiger partial charge is 0.481 e. The molecule has 1 amide bonds. The first-order valence-corrected chi connectivity index (χ1v) is 14.9. The van der Waals surface area contributed by atoms with Crippen molar-refractivity contribution in [1.29, 1.82) is 0 Å². The number of hydrogen-bond donors (Lipinski definition) is 1. The molecule has 8 bridgehead atoms. The van der Waals surface area contributed by atoms with Gasteiger partial charge in [-0.15, -0.1) is 0 Å². The van der Waals surface area contributed by atoms with Gasteiger partial charge in [-0.25, -0.2) is 0 Å². The predicted molar refractivity (Wildman–Crippen MR) is 137 cm³/mol. The fourth-order valence-electron chi connectivity index (χ4n) is 12.5. The lowest BCUT2D eigenvalue weighted by molar-refractivity contribution is -0.240. The highest BCUT2D eigenvalue weighted by Gasteiger charge is 2.72. The first kappa shape index (κ1) is 22.2. The molecule has 1 heterocycles. The summed E-state index contributed by atoms with van der Waals surface area (Å²) >= 11 is 0. The van der Waals surface area contributed by atoms with Gasteiger partial charge in [-0.1, -0.05) is 24.3 Å². The van der Waals surface area contributed by atoms with Gasteiger partial charge < -0.3 is 10.0 Å². The Morgan fingerprint density at radius 1 is 0.694 bits per heavy atom. The molecule has 0 saturated heterocycles. The molecule has 1 aromatic carbocycles. The first-order valence-electron chi connectivity index (χ1n) is 14.9. The van der Waals surface area contributed by atoms with Gasteiger partial charge >= 0.3 is 5.97 Å². The third-order valence-electron chi connectivity index (χ3n) is 12.9. The minimum absolute atomic E-state index is 0.174. The molecule has 4 atom stereocenters. The van der Waals surface area contributed by atoms with Crippen LogP contribution in [0.1, 0.15) is 88.2 Å². The molecule has 9 aliphatic rings. The summed E-state index contributed by atoms with van der Waals surface area (Å²) in [6.07, 6.45) is 15.6. The highest BCUT2D eigenvalue weighted by molar-refractivity contribution is 5.84. The zero-order valence-corrected chi connectivity index (χ0v) is 21.6. The van der Waals surface area contributed by atoms with E-state index in [1.165, 1.54) is 49.7 Å². The molecule has 1 aliphatic heterocycles. The second-order valence-electron chi connectivity index (χ2n) is 14.9. The lowest BCUT2D eigenvalue weighted by Gasteiger charge is -2.73. The fourth-order valence-corrected chi connectivity index (χ4v) is 12.5. The summed E-state index contributed by atoms with van der Waals surface area (Å²) in [4.78, 5) is 29.4. The number of benzene rings is 1. The molecule has 0 radical (unpaired) electrons. The quantitative estimate of drug-likeness (QED) is 0.580. The van der Waals surface area contributed by atoms with Crippen molar-refractivity contribution in [3.63, 3.8) is 0 Å². The number of hydrogen-bond acceptors (Lipinski definition) is 2. The van der Waals surface area contributed by atoms with Crippen LogP contribution in [0.5, 0.6) is 0 Å². The van der Waals surface area contributed by atoms with Crippen LogP contribution in [-0.2, 0) is 22.4 Å². The van der Waals surface area contributed by atoms with Crippen LogP contribution in [0.15, 0.2) is 24.3 Å². The van der Waals surface area contributed by atoms with Crippen LogP contribution in [0, 0.1) is 45.3 Å². The van der Waals surface area contributed by atoms with Gasteiger partial charge in [0.25, 0.3) is 0 Å². The fraction of sp³-hybridized carbons (Fsp3) is 0.750. The van der Waals surface area contributed by atoms with Gasteiger partial charge in [0.05, 0.1) is 10.8 Å². The van der Waals surface area contributed by atoms with E-state index in [1.54, 1.807) is 0 Å². The molecule has 8 fully saturated rings. The van der Waals surface area contributed by atoms with E-state index in [2.05, 4.69) is 29.2 Å². The van der Waals surface area contributed by atoms with Gasteiger partial charge in [-0.05, 0) is 136 Å². The van der Waals surface area contributed by atoms with Crippen LogP contribution in [0.25, 0.3) is 0 Å². The number of amides is 1. The van der Waals surface area contributed by atoms with Gasteiger partial charge in [-0.2, -0.15) is 0 Å². The Labute approximate surface area is 215 Å². The maximum atomic E-state index is 14.5. The van der Waals surface area contributed by atoms with Crippen molar-refractivity contribution in [1.82, 2.24) is 4.90 Å². The average Bonchev–Trinajstić information content (AvgIpc) is 3.05. The van der Waals surface area contributed by atoms with Gasteiger partial charge in [0.1, 0.15) is 0 Å². The van der Waals surface area contributed by atoms with Crippen LogP contribution in [0.3, 0.4) is 0 Å². The Balaban J connectivity index is 1.13. The van der Waals surface area contributed by atoms with Crippen LogP contribution >= 0.6 is 0 Å². The molecule has 1 aromatic rings. The molecule has 4 unspecified atom stereocenters. The minimum atomic E-state index is -0.513. The van der Waals surface area contributed by atoms with Crippen LogP contribution < -0.4 is 0 Å². The summed E-state index contributed by atoms with van der Waals surface area (Å²) in [5, 5.41) is 10.4. The number of fused-ring (bicyclic) bond motifs is 1. The van der Waals surface area contributed by atoms with E-state index in [9.17, 15) is 14.7 Å². The topological polar surface area (TPSA) is 57.6 Å². The smallest absolute Gasteiger partial charge is 0.309 e. The Kier molecular flexibility index (Phi) is 4.42. The van der Waals surface area contributed by atoms with Crippen molar-refractivity contribution in [3.8, 4) is 0 Å². The third-order valence-corrected chi connectivity index (χ3v) is 12.9. The van der Waals surface area contributed by atoms with Crippen molar-refractivity contribution < 1.29 is 14.7 Å². The summed E-state index contributed by atoms with van der Waals surface area (Å²) in [5.41, 5.74) is 2.57. The molecule has 192 valence electrons. The van der Waals surface area contributed by atoms with E-state index in [0.29, 0.717) is 29.6 Å². The molecule has 10 rings (SSSR count). The zero-order chi connectivity index (χ0) is 24.3. The number of nitrogens with zero attached hydrogens (tertiary/aromatic N) is 1. The van der Waals surface area contributed by atoms with E-state index in [0.717, 1.165) is 64.5 Å². The number of rotatable bonds is 3. The Morgan fingerprint density at radius 3 is 1.61 bits per heavy atom. The number of carbonyl (C=O) groups excluding carboxylic acids is 1. The predicted octanol–water partition coefficient (Wildman–Crippen LogP) is 5.87. The van der Waals surface area contributed by atoms with E-state index in [-0.39, 0.29) is 16.2 Å². The summed E-state index contributed by atoms with van der Waals surface area (Å²) < 4.78 is 0. The summed E-state index contributed by atoms with van der Waals surface area (Å²) in [7, 11) is 0. The zero-order valence-electron chi connectivity index (χ0n) is 21.6. The molecule has 4 heteroatoms. The number of carboxylic acid groups (broad SMARTS) is 1. The second kappa shape index (κ2) is 7.17. The molecule has 8 aliphatic carbocycles. The van der Waals surface area contributed by atoms with Crippen molar-refractivity contribution in [2.75, 3.05) is 13.1 Å². The minimum Gasteiger partial charge on any atom is -0.481 e. The molecule has 4 nitrogen and oxygen atoms in total. The molecular formula is C32H41NO3. The summed E-state index contributed by atoms with van der Waals surface area (Å²) in [6, 6.07) is 8.76. The average molecular weight is 488 g/mol. The molecule has 36 heavy (non-hydrogen) atoms. The first-order chi connectivity index (χ1) is 17.3. The van der Waals surface area contributed by atoms with E-state index >= 15 is 0 Å². The van der Waals surface area contributed by atoms with Gasteiger partial charge in [-0.3, -0.25) is 9.59 Å². The number of carboxylic acids is 1. The van der Waals surface area contributed by atoms with E-state index in [1.807, 2.05) is 0 Å². The molecule has 1 N–H and O–H groups in total. The van der Waals surface area contributed by atoms with E-state index < -0.39 is 11.4 Å². The Hall–Kier alpha value is -1.84. The molecule has 0 aromatic heterocycles. The van der Waals surface area contributed by atoms with Crippen molar-refractivity contribution in [3.05, 3.63) is 35.4 Å². The van der Waals surface area contributed by atoms with E-state index in [4.69, 9.17) is 0 Å². The third kappa shape index (κ3) is 2.88. The number of carbonyl (C=O) groups is 2. The summed E-state index contributed by atoms with van der Waals surface area (Å²) in [6.45, 7) is 1.72. The maximum absolute atomic E-state index is 14.5. The normalized spacial score (nSPS) is 48.1. The van der Waals surface area contributed by atoms with Gasteiger partial charge in [0, 0.05) is 13.1 Å². The monoisotopic (exact) mass is 487 g/mol. The molecular weight excluding hydrogens is 446 g/mol. The van der Waals surface area contributed by atoms with Crippen molar-refractivity contribution in [2.24, 2.45) is 45.3 Å². The van der Waals surface area contributed by atoms with Crippen LogP contribution in [0.4, 0.5) is 0 Å². The molecule has 8 saturated carbocycles. The van der Waals surface area contributed by atoms with Crippen molar-refractivity contribution >= 4 is 11.9 Å². The number of aliphatic carboxylic acids is 1. The SMILES string of the molecule is O=C(O)C12CC3CC(C1)CC(C14CC5CC(CC(C(=O)N6CCc7ccccc7CC6)(C5)C1)C4)(C3)C2. The van der Waals surface area contributed by atoms with Gasteiger partial charge in [0.15, 0.2) is 0 Å². The standard InChI is InChI=1S/C32H41NO3/c34-27(33-7-5-25-3-1-2-4-26(25)6-8-33)29-11-21-9-22(12-29)16-31(15-21,19-29)32-17-23-10-24(18-32)14-30(13-23,20-32)28(35)36/h1-4,21-24H,5-20H2,(H,35,36). The highest BCUT2D eigenvalue weighted by atomic mass is 16.4. The highest BCUT2D eigenvalue weighted by Crippen LogP contribution is 2.78. The lowest BCUT2D eigenvalue weighted by atomic mass is 9.31. The Bertz CT molecular complexity index is 1080. The van der Waals surface area contributed by atoms with Gasteiger partial charge in [0.2, 0.25) is 5.91 Å². The molecule has 0 spiro atoms. The lowest BCUT2D eigenvalue weighted by Crippen LogP contribution is -2.67. The van der Waals surface area contributed by atoms with Crippen molar-refractivity contribution in [2.45, 2.75) is 89.9 Å².